The molecule has 0 aliphatic heterocycles. The molecule has 0 radical (unpaired) electrons. The standard InChI is InChI=1S/C16H17N3OS/c1-8-6-13(9(2)5-12(8)17)20-15-14-10(3)11(4)21-16(14)19-7-18-15/h5-7H,17H2,1-4H3. The Hall–Kier alpha value is -2.14. The summed E-state index contributed by atoms with van der Waals surface area (Å²) in [6, 6.07) is 3.88. The van der Waals surface area contributed by atoms with Crippen LogP contribution in [0.15, 0.2) is 18.5 Å². The van der Waals surface area contributed by atoms with Crippen molar-refractivity contribution in [1.82, 2.24) is 9.97 Å². The van der Waals surface area contributed by atoms with Gasteiger partial charge in [-0.3, -0.25) is 0 Å². The Balaban J connectivity index is 2.12. The summed E-state index contributed by atoms with van der Waals surface area (Å²) in [5.74, 6) is 1.39. The average Bonchev–Trinajstić information content (AvgIpc) is 2.72. The number of aryl methyl sites for hydroxylation is 4. The van der Waals surface area contributed by atoms with Gasteiger partial charge in [-0.15, -0.1) is 11.3 Å². The van der Waals surface area contributed by atoms with E-state index < -0.39 is 0 Å². The third kappa shape index (κ3) is 2.34. The predicted octanol–water partition coefficient (Wildman–Crippen LogP) is 4.30. The van der Waals surface area contributed by atoms with Crippen LogP contribution in [0, 0.1) is 27.7 Å². The predicted molar refractivity (Wildman–Crippen MR) is 87.3 cm³/mol. The zero-order valence-electron chi connectivity index (χ0n) is 12.5. The highest BCUT2D eigenvalue weighted by atomic mass is 32.1. The number of rotatable bonds is 2. The number of benzene rings is 1. The molecule has 4 nitrogen and oxygen atoms in total. The van der Waals surface area contributed by atoms with Gasteiger partial charge >= 0.3 is 0 Å². The van der Waals surface area contributed by atoms with Crippen LogP contribution in [0.25, 0.3) is 10.2 Å². The van der Waals surface area contributed by atoms with Crippen molar-refractivity contribution in [3.63, 3.8) is 0 Å². The maximum absolute atomic E-state index is 6.05. The molecule has 0 bridgehead atoms. The number of thiophene rings is 1. The summed E-state index contributed by atoms with van der Waals surface area (Å²) in [6.07, 6.45) is 1.55. The van der Waals surface area contributed by atoms with Gasteiger partial charge in [-0.25, -0.2) is 9.97 Å². The van der Waals surface area contributed by atoms with Crippen molar-refractivity contribution in [2.45, 2.75) is 27.7 Å². The van der Waals surface area contributed by atoms with Crippen molar-refractivity contribution in [1.29, 1.82) is 0 Å². The monoisotopic (exact) mass is 299 g/mol. The van der Waals surface area contributed by atoms with Gasteiger partial charge in [-0.05, 0) is 56.5 Å². The lowest BCUT2D eigenvalue weighted by molar-refractivity contribution is 0.464. The second kappa shape index (κ2) is 5.00. The minimum atomic E-state index is 0.606. The molecule has 108 valence electrons. The number of fused-ring (bicyclic) bond motifs is 1. The van der Waals surface area contributed by atoms with Crippen LogP contribution in [0.2, 0.25) is 0 Å². The van der Waals surface area contributed by atoms with E-state index in [4.69, 9.17) is 10.5 Å². The third-order valence-corrected chi connectivity index (χ3v) is 4.82. The van der Waals surface area contributed by atoms with Crippen LogP contribution < -0.4 is 10.5 Å². The Kier molecular flexibility index (Phi) is 3.29. The first-order valence-electron chi connectivity index (χ1n) is 6.72. The molecule has 1 aromatic carbocycles. The molecular formula is C16H17N3OS. The second-order valence-corrected chi connectivity index (χ2v) is 6.42. The first-order valence-corrected chi connectivity index (χ1v) is 7.54. The van der Waals surface area contributed by atoms with Crippen LogP contribution in [0.3, 0.4) is 0 Å². The largest absolute Gasteiger partial charge is 0.438 e. The fourth-order valence-corrected chi connectivity index (χ4v) is 3.24. The molecule has 3 aromatic rings. The SMILES string of the molecule is Cc1cc(Oc2ncnc3sc(C)c(C)c23)c(C)cc1N. The van der Waals surface area contributed by atoms with Gasteiger partial charge in [-0.2, -0.15) is 0 Å². The summed E-state index contributed by atoms with van der Waals surface area (Å²) in [7, 11) is 0. The number of aromatic nitrogens is 2. The zero-order chi connectivity index (χ0) is 15.1. The van der Waals surface area contributed by atoms with Crippen molar-refractivity contribution < 1.29 is 4.74 Å². The molecule has 0 spiro atoms. The summed E-state index contributed by atoms with van der Waals surface area (Å²) in [5, 5.41) is 0.994. The lowest BCUT2D eigenvalue weighted by atomic mass is 10.1. The van der Waals surface area contributed by atoms with Gasteiger partial charge in [0.05, 0.1) is 5.39 Å². The molecule has 0 saturated heterocycles. The van der Waals surface area contributed by atoms with Crippen LogP contribution in [-0.4, -0.2) is 9.97 Å². The minimum absolute atomic E-state index is 0.606. The Morgan fingerprint density at radius 1 is 1.05 bits per heavy atom. The fourth-order valence-electron chi connectivity index (χ4n) is 2.25. The first-order chi connectivity index (χ1) is 9.97. The topological polar surface area (TPSA) is 61.0 Å². The molecule has 3 rings (SSSR count). The highest BCUT2D eigenvalue weighted by molar-refractivity contribution is 7.18. The van der Waals surface area contributed by atoms with Gasteiger partial charge in [-0.1, -0.05) is 0 Å². The van der Waals surface area contributed by atoms with Gasteiger partial charge in [0, 0.05) is 10.6 Å². The van der Waals surface area contributed by atoms with E-state index in [9.17, 15) is 0 Å². The Morgan fingerprint density at radius 2 is 1.81 bits per heavy atom. The van der Waals surface area contributed by atoms with Crippen LogP contribution in [-0.2, 0) is 0 Å². The summed E-state index contributed by atoms with van der Waals surface area (Å²) >= 11 is 1.66. The molecule has 21 heavy (non-hydrogen) atoms. The Labute approximate surface area is 127 Å². The van der Waals surface area contributed by atoms with Crippen LogP contribution in [0.1, 0.15) is 21.6 Å². The maximum Gasteiger partial charge on any atom is 0.231 e. The zero-order valence-corrected chi connectivity index (χ0v) is 13.3. The summed E-state index contributed by atoms with van der Waals surface area (Å²) < 4.78 is 6.05. The summed E-state index contributed by atoms with van der Waals surface area (Å²) in [4.78, 5) is 10.8. The molecule has 0 fully saturated rings. The molecular weight excluding hydrogens is 282 g/mol. The van der Waals surface area contributed by atoms with Gasteiger partial charge in [0.1, 0.15) is 16.9 Å². The second-order valence-electron chi connectivity index (χ2n) is 5.22. The van der Waals surface area contributed by atoms with Crippen LogP contribution in [0.5, 0.6) is 11.6 Å². The van der Waals surface area contributed by atoms with Gasteiger partial charge in [0.25, 0.3) is 0 Å². The van der Waals surface area contributed by atoms with Crippen LogP contribution in [0.4, 0.5) is 5.69 Å². The number of hydrogen-bond donors (Lipinski definition) is 1. The molecule has 5 heteroatoms. The molecule has 2 heterocycles. The molecule has 0 unspecified atom stereocenters. The minimum Gasteiger partial charge on any atom is -0.438 e. The van der Waals surface area contributed by atoms with Gasteiger partial charge in [0.15, 0.2) is 0 Å². The smallest absolute Gasteiger partial charge is 0.231 e. The molecule has 0 saturated carbocycles. The normalized spacial score (nSPS) is 11.0. The van der Waals surface area contributed by atoms with Crippen molar-refractivity contribution in [2.24, 2.45) is 0 Å². The van der Waals surface area contributed by atoms with Crippen molar-refractivity contribution in [3.8, 4) is 11.6 Å². The maximum atomic E-state index is 6.05. The molecule has 0 aliphatic carbocycles. The highest BCUT2D eigenvalue weighted by Gasteiger charge is 2.14. The van der Waals surface area contributed by atoms with E-state index in [1.807, 2.05) is 26.0 Å². The summed E-state index contributed by atoms with van der Waals surface area (Å²) in [5.41, 5.74) is 9.87. The van der Waals surface area contributed by atoms with E-state index in [-0.39, 0.29) is 0 Å². The van der Waals surface area contributed by atoms with E-state index >= 15 is 0 Å². The number of hydrogen-bond acceptors (Lipinski definition) is 5. The number of nitrogens with zero attached hydrogens (tertiary/aromatic N) is 2. The van der Waals surface area contributed by atoms with E-state index in [1.54, 1.807) is 17.7 Å². The van der Waals surface area contributed by atoms with Crippen molar-refractivity contribution >= 4 is 27.2 Å². The van der Waals surface area contributed by atoms with E-state index in [2.05, 4.69) is 23.8 Å². The number of anilines is 1. The Morgan fingerprint density at radius 3 is 2.57 bits per heavy atom. The average molecular weight is 299 g/mol. The van der Waals surface area contributed by atoms with Gasteiger partial charge < -0.3 is 10.5 Å². The molecule has 2 aromatic heterocycles. The number of ether oxygens (including phenoxy) is 1. The van der Waals surface area contributed by atoms with Crippen molar-refractivity contribution in [2.75, 3.05) is 5.73 Å². The summed E-state index contributed by atoms with van der Waals surface area (Å²) in [6.45, 7) is 8.11. The van der Waals surface area contributed by atoms with Crippen molar-refractivity contribution in [3.05, 3.63) is 40.0 Å². The highest BCUT2D eigenvalue weighted by Crippen LogP contribution is 2.37. The van der Waals surface area contributed by atoms with E-state index in [1.165, 1.54) is 10.4 Å². The molecule has 0 amide bonds. The lowest BCUT2D eigenvalue weighted by Crippen LogP contribution is -1.96. The van der Waals surface area contributed by atoms with Gasteiger partial charge in [0.2, 0.25) is 5.88 Å². The first kappa shape index (κ1) is 13.8. The number of nitrogens with two attached hydrogens (primary N) is 1. The lowest BCUT2D eigenvalue weighted by Gasteiger charge is -2.11. The fraction of sp³-hybridized carbons (Fsp3) is 0.250. The van der Waals surface area contributed by atoms with E-state index in [0.29, 0.717) is 5.88 Å². The quantitative estimate of drug-likeness (QED) is 0.717. The Bertz CT molecular complexity index is 839. The van der Waals surface area contributed by atoms with E-state index in [0.717, 1.165) is 32.8 Å². The molecule has 2 N–H and O–H groups in total. The molecule has 0 aliphatic rings. The third-order valence-electron chi connectivity index (χ3n) is 3.70. The molecule has 0 atom stereocenters. The van der Waals surface area contributed by atoms with Crippen LogP contribution >= 0.6 is 11.3 Å². The number of nitrogen functional groups attached to an aromatic ring is 1.